The van der Waals surface area contributed by atoms with Crippen molar-refractivity contribution >= 4 is 39.4 Å². The smallest absolute Gasteiger partial charge is 0.282 e. The van der Waals surface area contributed by atoms with Crippen molar-refractivity contribution in [2.24, 2.45) is 5.10 Å². The lowest BCUT2D eigenvalue weighted by Crippen LogP contribution is -2.20. The van der Waals surface area contributed by atoms with Gasteiger partial charge < -0.3 is 9.47 Å². The first-order chi connectivity index (χ1) is 11.6. The average Bonchev–Trinajstić information content (AvgIpc) is 3.03. The third kappa shape index (κ3) is 2.55. The second-order valence-electron chi connectivity index (χ2n) is 5.19. The van der Waals surface area contributed by atoms with Crippen LogP contribution in [0.2, 0.25) is 5.02 Å². The molecule has 0 radical (unpaired) electrons. The number of hydrogen-bond acceptors (Lipinski definition) is 6. The number of halogens is 1. The standard InChI is InChI=1S/C16H12ClN3O3S/c1-9-19-15-11(2-5-24-15)16(21)20(9)18-8-10-6-12(17)14-13(7-10)22-3-4-23-14/h2,5-8H,3-4H2,1H3/b18-8-. The normalized spacial score (nSPS) is 13.8. The van der Waals surface area contributed by atoms with E-state index in [2.05, 4.69) is 10.1 Å². The van der Waals surface area contributed by atoms with Crippen molar-refractivity contribution in [1.82, 2.24) is 9.66 Å². The number of thiophene rings is 1. The second kappa shape index (κ2) is 5.92. The molecule has 0 saturated heterocycles. The van der Waals surface area contributed by atoms with Gasteiger partial charge >= 0.3 is 0 Å². The topological polar surface area (TPSA) is 65.7 Å². The molecular weight excluding hydrogens is 350 g/mol. The highest BCUT2D eigenvalue weighted by atomic mass is 35.5. The number of rotatable bonds is 2. The summed E-state index contributed by atoms with van der Waals surface area (Å²) in [5.74, 6) is 1.63. The number of aryl methyl sites for hydroxylation is 1. The van der Waals surface area contributed by atoms with Crippen molar-refractivity contribution in [1.29, 1.82) is 0 Å². The van der Waals surface area contributed by atoms with Crippen molar-refractivity contribution in [3.05, 3.63) is 50.3 Å². The fraction of sp³-hybridized carbons (Fsp3) is 0.188. The number of fused-ring (bicyclic) bond motifs is 2. The summed E-state index contributed by atoms with van der Waals surface area (Å²) in [5, 5.41) is 7.11. The van der Waals surface area contributed by atoms with Gasteiger partial charge in [0.2, 0.25) is 0 Å². The largest absolute Gasteiger partial charge is 0.486 e. The van der Waals surface area contributed by atoms with Gasteiger partial charge in [0.05, 0.1) is 16.6 Å². The zero-order chi connectivity index (χ0) is 16.7. The molecule has 0 amide bonds. The Morgan fingerprint density at radius 1 is 1.38 bits per heavy atom. The second-order valence-corrected chi connectivity index (χ2v) is 6.49. The van der Waals surface area contributed by atoms with Gasteiger partial charge in [-0.25, -0.2) is 4.98 Å². The van der Waals surface area contributed by atoms with Crippen LogP contribution in [-0.2, 0) is 0 Å². The Bertz CT molecular complexity index is 1030. The summed E-state index contributed by atoms with van der Waals surface area (Å²) < 4.78 is 12.3. The molecule has 1 aromatic carbocycles. The van der Waals surface area contributed by atoms with Crippen LogP contribution < -0.4 is 15.0 Å². The van der Waals surface area contributed by atoms with Gasteiger partial charge in [-0.05, 0) is 36.1 Å². The molecule has 0 saturated carbocycles. The van der Waals surface area contributed by atoms with E-state index in [4.69, 9.17) is 21.1 Å². The average molecular weight is 362 g/mol. The number of aromatic nitrogens is 2. The number of hydrogen-bond donors (Lipinski definition) is 0. The van der Waals surface area contributed by atoms with E-state index in [1.54, 1.807) is 31.3 Å². The van der Waals surface area contributed by atoms with E-state index in [1.165, 1.54) is 16.0 Å². The van der Waals surface area contributed by atoms with Gasteiger partial charge in [-0.3, -0.25) is 4.79 Å². The summed E-state index contributed by atoms with van der Waals surface area (Å²) in [6.07, 6.45) is 1.55. The molecule has 0 spiro atoms. The molecular formula is C16H12ClN3O3S. The third-order valence-corrected chi connectivity index (χ3v) is 4.67. The first-order valence-electron chi connectivity index (χ1n) is 7.24. The molecule has 8 heteroatoms. The highest BCUT2D eigenvalue weighted by Crippen LogP contribution is 2.37. The third-order valence-electron chi connectivity index (χ3n) is 3.58. The predicted molar refractivity (Wildman–Crippen MR) is 94.1 cm³/mol. The van der Waals surface area contributed by atoms with Crippen LogP contribution in [0, 0.1) is 6.92 Å². The molecule has 0 atom stereocenters. The molecule has 122 valence electrons. The van der Waals surface area contributed by atoms with E-state index in [9.17, 15) is 4.79 Å². The van der Waals surface area contributed by atoms with Gasteiger partial charge in [0.25, 0.3) is 5.56 Å². The molecule has 3 heterocycles. The molecule has 0 N–H and O–H groups in total. The van der Waals surface area contributed by atoms with Crippen LogP contribution in [0.3, 0.4) is 0 Å². The summed E-state index contributed by atoms with van der Waals surface area (Å²) in [6, 6.07) is 5.25. The van der Waals surface area contributed by atoms with Crippen molar-refractivity contribution in [2.45, 2.75) is 6.92 Å². The van der Waals surface area contributed by atoms with Crippen molar-refractivity contribution < 1.29 is 9.47 Å². The molecule has 1 aliphatic rings. The highest BCUT2D eigenvalue weighted by molar-refractivity contribution is 7.16. The first kappa shape index (κ1) is 15.2. The van der Waals surface area contributed by atoms with Crippen molar-refractivity contribution in [2.75, 3.05) is 13.2 Å². The van der Waals surface area contributed by atoms with Crippen molar-refractivity contribution in [3.63, 3.8) is 0 Å². The first-order valence-corrected chi connectivity index (χ1v) is 8.49. The van der Waals surface area contributed by atoms with Gasteiger partial charge in [0, 0.05) is 0 Å². The summed E-state index contributed by atoms with van der Waals surface area (Å²) >= 11 is 7.64. The van der Waals surface area contributed by atoms with E-state index >= 15 is 0 Å². The molecule has 3 aromatic rings. The van der Waals surface area contributed by atoms with Crippen LogP contribution >= 0.6 is 22.9 Å². The minimum absolute atomic E-state index is 0.196. The van der Waals surface area contributed by atoms with Crippen LogP contribution in [0.1, 0.15) is 11.4 Å². The summed E-state index contributed by atoms with van der Waals surface area (Å²) in [6.45, 7) is 2.69. The Labute approximate surface area is 145 Å². The number of nitrogens with zero attached hydrogens (tertiary/aromatic N) is 3. The van der Waals surface area contributed by atoms with E-state index in [0.717, 1.165) is 0 Å². The van der Waals surface area contributed by atoms with Gasteiger partial charge in [0.1, 0.15) is 23.9 Å². The van der Waals surface area contributed by atoms with Crippen LogP contribution in [0.5, 0.6) is 11.5 Å². The molecule has 0 unspecified atom stereocenters. The SMILES string of the molecule is Cc1nc2sccc2c(=O)n1/N=C\c1cc(Cl)c2c(c1)OCCO2. The molecule has 4 rings (SSSR count). The Morgan fingerprint density at radius 3 is 3.08 bits per heavy atom. The zero-order valence-corrected chi connectivity index (χ0v) is 14.2. The van der Waals surface area contributed by atoms with E-state index in [0.29, 0.717) is 51.3 Å². The van der Waals surface area contributed by atoms with Crippen LogP contribution in [0.4, 0.5) is 0 Å². The Morgan fingerprint density at radius 2 is 2.21 bits per heavy atom. The molecule has 0 bridgehead atoms. The van der Waals surface area contributed by atoms with Crippen LogP contribution in [0.25, 0.3) is 10.2 Å². The number of ether oxygens (including phenoxy) is 2. The molecule has 1 aliphatic heterocycles. The van der Waals surface area contributed by atoms with E-state index in [1.807, 2.05) is 5.38 Å². The lowest BCUT2D eigenvalue weighted by molar-refractivity contribution is 0.171. The maximum atomic E-state index is 12.5. The van der Waals surface area contributed by atoms with Gasteiger partial charge in [-0.15, -0.1) is 11.3 Å². The van der Waals surface area contributed by atoms with Crippen molar-refractivity contribution in [3.8, 4) is 11.5 Å². The summed E-state index contributed by atoms with van der Waals surface area (Å²) in [4.78, 5) is 17.6. The molecule has 0 aliphatic carbocycles. The zero-order valence-electron chi connectivity index (χ0n) is 12.7. The van der Waals surface area contributed by atoms with Crippen LogP contribution in [0.15, 0.2) is 33.5 Å². The minimum Gasteiger partial charge on any atom is -0.486 e. The maximum Gasteiger partial charge on any atom is 0.282 e. The Kier molecular flexibility index (Phi) is 3.74. The number of benzene rings is 1. The predicted octanol–water partition coefficient (Wildman–Crippen LogP) is 3.07. The van der Waals surface area contributed by atoms with Gasteiger partial charge in [-0.2, -0.15) is 9.78 Å². The Balaban J connectivity index is 1.76. The molecule has 24 heavy (non-hydrogen) atoms. The van der Waals surface area contributed by atoms with Gasteiger partial charge in [0.15, 0.2) is 11.5 Å². The lowest BCUT2D eigenvalue weighted by Gasteiger charge is -2.19. The summed E-state index contributed by atoms with van der Waals surface area (Å²) in [7, 11) is 0. The lowest BCUT2D eigenvalue weighted by atomic mass is 10.2. The monoisotopic (exact) mass is 361 g/mol. The highest BCUT2D eigenvalue weighted by Gasteiger charge is 2.16. The fourth-order valence-electron chi connectivity index (χ4n) is 2.47. The Hall–Kier alpha value is -2.38. The molecule has 2 aromatic heterocycles. The van der Waals surface area contributed by atoms with Crippen LogP contribution in [-0.4, -0.2) is 29.1 Å². The molecule has 0 fully saturated rings. The van der Waals surface area contributed by atoms with E-state index in [-0.39, 0.29) is 5.56 Å². The minimum atomic E-state index is -0.196. The van der Waals surface area contributed by atoms with Gasteiger partial charge in [-0.1, -0.05) is 11.6 Å². The fourth-order valence-corrected chi connectivity index (χ4v) is 3.55. The quantitative estimate of drug-likeness (QED) is 0.658. The molecule has 6 nitrogen and oxygen atoms in total. The summed E-state index contributed by atoms with van der Waals surface area (Å²) in [5.41, 5.74) is 0.514. The van der Waals surface area contributed by atoms with E-state index < -0.39 is 0 Å². The maximum absolute atomic E-state index is 12.5.